The third-order valence-electron chi connectivity index (χ3n) is 3.20. The largest absolute Gasteiger partial charge is 0.468 e. The normalized spacial score (nSPS) is 14.8. The highest BCUT2D eigenvalue weighted by Crippen LogP contribution is 2.11. The molecule has 0 saturated heterocycles. The van der Waals surface area contributed by atoms with E-state index in [0.29, 0.717) is 6.42 Å². The van der Waals surface area contributed by atoms with Crippen LogP contribution < -0.4 is 4.72 Å². The van der Waals surface area contributed by atoms with Gasteiger partial charge in [-0.1, -0.05) is 50.6 Å². The Morgan fingerprint density at radius 3 is 2.48 bits per heavy atom. The molecule has 0 fully saturated rings. The van der Waals surface area contributed by atoms with Crippen LogP contribution in [0.25, 0.3) is 6.08 Å². The Hall–Kier alpha value is -1.66. The van der Waals surface area contributed by atoms with Gasteiger partial charge in [0.25, 0.3) is 0 Å². The van der Waals surface area contributed by atoms with E-state index in [1.807, 2.05) is 25.1 Å². The van der Waals surface area contributed by atoms with Crippen LogP contribution in [-0.2, 0) is 19.6 Å². The summed E-state index contributed by atoms with van der Waals surface area (Å²) in [7, 11) is -2.48. The molecule has 0 aliphatic heterocycles. The summed E-state index contributed by atoms with van der Waals surface area (Å²) in [4.78, 5) is 11.7. The molecule has 0 saturated carbocycles. The number of nitrogens with one attached hydrogen (secondary N) is 1. The van der Waals surface area contributed by atoms with Gasteiger partial charge in [-0.3, -0.25) is 4.79 Å². The highest BCUT2D eigenvalue weighted by molar-refractivity contribution is 7.92. The van der Waals surface area contributed by atoms with Gasteiger partial charge in [0, 0.05) is 5.41 Å². The molecule has 6 heteroatoms. The van der Waals surface area contributed by atoms with Crippen LogP contribution in [0.2, 0.25) is 0 Å². The zero-order valence-electron chi connectivity index (χ0n) is 12.4. The number of hydrogen-bond donors (Lipinski definition) is 1. The van der Waals surface area contributed by atoms with Crippen molar-refractivity contribution in [2.45, 2.75) is 26.3 Å². The molecule has 1 aromatic rings. The SMILES string of the molecule is CCC(C)C(NS(=O)(=O)/C=C/c1ccccc1)C(=O)OC. The maximum Gasteiger partial charge on any atom is 0.324 e. The summed E-state index contributed by atoms with van der Waals surface area (Å²) in [6.45, 7) is 3.68. The van der Waals surface area contributed by atoms with Crippen LogP contribution in [0.1, 0.15) is 25.8 Å². The summed E-state index contributed by atoms with van der Waals surface area (Å²) >= 11 is 0. The molecule has 0 aliphatic carbocycles. The Morgan fingerprint density at radius 1 is 1.33 bits per heavy atom. The maximum absolute atomic E-state index is 12.0. The second-order valence-corrected chi connectivity index (χ2v) is 6.36. The number of benzene rings is 1. The van der Waals surface area contributed by atoms with Crippen LogP contribution in [0.15, 0.2) is 35.7 Å². The van der Waals surface area contributed by atoms with Gasteiger partial charge in [-0.2, -0.15) is 4.72 Å². The van der Waals surface area contributed by atoms with Gasteiger partial charge >= 0.3 is 5.97 Å². The predicted molar refractivity (Wildman–Crippen MR) is 82.8 cm³/mol. The first-order chi connectivity index (χ1) is 9.89. The van der Waals surface area contributed by atoms with Crippen LogP contribution >= 0.6 is 0 Å². The van der Waals surface area contributed by atoms with Crippen molar-refractivity contribution in [1.82, 2.24) is 4.72 Å². The van der Waals surface area contributed by atoms with Gasteiger partial charge in [0.2, 0.25) is 10.0 Å². The van der Waals surface area contributed by atoms with E-state index < -0.39 is 22.0 Å². The van der Waals surface area contributed by atoms with Crippen LogP contribution in [0.4, 0.5) is 0 Å². The molecule has 1 aromatic carbocycles. The second kappa shape index (κ2) is 7.95. The smallest absolute Gasteiger partial charge is 0.324 e. The Bertz CT molecular complexity index is 581. The quantitative estimate of drug-likeness (QED) is 0.783. The third-order valence-corrected chi connectivity index (χ3v) is 4.28. The van der Waals surface area contributed by atoms with E-state index >= 15 is 0 Å². The fourth-order valence-electron chi connectivity index (χ4n) is 1.71. The van der Waals surface area contributed by atoms with Gasteiger partial charge in [0.05, 0.1) is 7.11 Å². The number of esters is 1. The van der Waals surface area contributed by atoms with Gasteiger partial charge in [0.15, 0.2) is 0 Å². The van der Waals surface area contributed by atoms with Gasteiger partial charge in [-0.15, -0.1) is 0 Å². The highest BCUT2D eigenvalue weighted by atomic mass is 32.2. The zero-order chi connectivity index (χ0) is 15.9. The Morgan fingerprint density at radius 2 is 1.95 bits per heavy atom. The van der Waals surface area contributed by atoms with E-state index in [9.17, 15) is 13.2 Å². The molecule has 0 heterocycles. The summed E-state index contributed by atoms with van der Waals surface area (Å²) in [6.07, 6.45) is 2.14. The molecule has 0 aliphatic rings. The van der Waals surface area contributed by atoms with Crippen molar-refractivity contribution >= 4 is 22.1 Å². The molecule has 0 radical (unpaired) electrons. The minimum atomic E-state index is -3.72. The first kappa shape index (κ1) is 17.4. The van der Waals surface area contributed by atoms with Crippen molar-refractivity contribution in [2.24, 2.45) is 5.92 Å². The fraction of sp³-hybridized carbons (Fsp3) is 0.400. The van der Waals surface area contributed by atoms with E-state index in [1.165, 1.54) is 13.2 Å². The first-order valence-corrected chi connectivity index (χ1v) is 8.27. The Kier molecular flexibility index (Phi) is 6.58. The molecule has 116 valence electrons. The number of carbonyl (C=O) groups excluding carboxylic acids is 1. The van der Waals surface area contributed by atoms with Crippen molar-refractivity contribution in [1.29, 1.82) is 0 Å². The summed E-state index contributed by atoms with van der Waals surface area (Å²) in [5, 5.41) is 1.06. The van der Waals surface area contributed by atoms with Crippen LogP contribution in [-0.4, -0.2) is 27.5 Å². The topological polar surface area (TPSA) is 72.5 Å². The van der Waals surface area contributed by atoms with Gasteiger partial charge < -0.3 is 4.74 Å². The molecule has 2 atom stereocenters. The summed E-state index contributed by atoms with van der Waals surface area (Å²) in [5.74, 6) is -0.738. The second-order valence-electron chi connectivity index (χ2n) is 4.76. The van der Waals surface area contributed by atoms with Gasteiger partial charge in [-0.05, 0) is 17.6 Å². The fourth-order valence-corrected chi connectivity index (χ4v) is 2.81. The minimum absolute atomic E-state index is 0.155. The lowest BCUT2D eigenvalue weighted by atomic mass is 10.0. The average molecular weight is 311 g/mol. The van der Waals surface area contributed by atoms with E-state index in [4.69, 9.17) is 0 Å². The molecule has 1 N–H and O–H groups in total. The molecule has 0 aromatic heterocycles. The van der Waals surface area contributed by atoms with E-state index in [1.54, 1.807) is 19.1 Å². The van der Waals surface area contributed by atoms with E-state index in [-0.39, 0.29) is 5.92 Å². The van der Waals surface area contributed by atoms with Crippen molar-refractivity contribution < 1.29 is 17.9 Å². The molecule has 0 spiro atoms. The summed E-state index contributed by atoms with van der Waals surface area (Å²) in [5.41, 5.74) is 0.765. The number of ether oxygens (including phenoxy) is 1. The van der Waals surface area contributed by atoms with Crippen LogP contribution in [0, 0.1) is 5.92 Å². The number of carbonyl (C=O) groups is 1. The van der Waals surface area contributed by atoms with Crippen molar-refractivity contribution in [3.8, 4) is 0 Å². The van der Waals surface area contributed by atoms with E-state index in [0.717, 1.165) is 11.0 Å². The van der Waals surface area contributed by atoms with Crippen molar-refractivity contribution in [3.05, 3.63) is 41.3 Å². The minimum Gasteiger partial charge on any atom is -0.468 e. The first-order valence-electron chi connectivity index (χ1n) is 6.73. The molecule has 0 bridgehead atoms. The molecule has 21 heavy (non-hydrogen) atoms. The molecule has 0 amide bonds. The van der Waals surface area contributed by atoms with Crippen molar-refractivity contribution in [3.63, 3.8) is 0 Å². The zero-order valence-corrected chi connectivity index (χ0v) is 13.3. The molecule has 1 rings (SSSR count). The number of methoxy groups -OCH3 is 1. The lowest BCUT2D eigenvalue weighted by Crippen LogP contribution is -2.44. The number of hydrogen-bond acceptors (Lipinski definition) is 4. The highest BCUT2D eigenvalue weighted by Gasteiger charge is 2.28. The number of rotatable bonds is 7. The van der Waals surface area contributed by atoms with Crippen LogP contribution in [0.5, 0.6) is 0 Å². The van der Waals surface area contributed by atoms with Crippen LogP contribution in [0.3, 0.4) is 0 Å². The third kappa shape index (κ3) is 5.69. The standard InChI is InChI=1S/C15H21NO4S/c1-4-12(2)14(15(17)20-3)16-21(18,19)11-10-13-8-6-5-7-9-13/h5-12,14,16H,4H2,1-3H3/b11-10+. The van der Waals surface area contributed by atoms with Gasteiger partial charge in [-0.25, -0.2) is 8.42 Å². The average Bonchev–Trinajstić information content (AvgIpc) is 2.50. The van der Waals surface area contributed by atoms with Gasteiger partial charge in [0.1, 0.15) is 6.04 Å². The molecule has 2 unspecified atom stereocenters. The van der Waals surface area contributed by atoms with E-state index in [2.05, 4.69) is 9.46 Å². The Balaban J connectivity index is 2.86. The molecular formula is C15H21NO4S. The molecule has 5 nitrogen and oxygen atoms in total. The maximum atomic E-state index is 12.0. The lowest BCUT2D eigenvalue weighted by Gasteiger charge is -2.20. The summed E-state index contributed by atoms with van der Waals surface area (Å²) in [6, 6.07) is 8.18. The lowest BCUT2D eigenvalue weighted by molar-refractivity contribution is -0.143. The number of sulfonamides is 1. The summed E-state index contributed by atoms with van der Waals surface area (Å²) < 4.78 is 31.1. The molecular weight excluding hydrogens is 290 g/mol. The predicted octanol–water partition coefficient (Wildman–Crippen LogP) is 2.16. The Labute approximate surface area is 126 Å². The van der Waals surface area contributed by atoms with Crippen molar-refractivity contribution in [2.75, 3.05) is 7.11 Å². The monoisotopic (exact) mass is 311 g/mol.